The summed E-state index contributed by atoms with van der Waals surface area (Å²) in [6.07, 6.45) is 6.46. The molecular weight excluding hydrogens is 200 g/mol. The molecule has 3 atom stereocenters. The number of nitrogens with one attached hydrogen (secondary N) is 1. The van der Waals surface area contributed by atoms with Crippen LogP contribution in [0.1, 0.15) is 32.6 Å². The summed E-state index contributed by atoms with van der Waals surface area (Å²) in [6.45, 7) is 7.15. The van der Waals surface area contributed by atoms with Crippen LogP contribution in [-0.2, 0) is 4.74 Å². The highest BCUT2D eigenvalue weighted by molar-refractivity contribution is 4.86. The number of hydrogen-bond donors (Lipinski definition) is 1. The average Bonchev–Trinajstić information content (AvgIpc) is 3.02. The lowest BCUT2D eigenvalue weighted by Crippen LogP contribution is -2.45. The molecule has 1 N–H and O–H groups in total. The van der Waals surface area contributed by atoms with Crippen LogP contribution in [0.2, 0.25) is 0 Å². The van der Waals surface area contributed by atoms with Crippen molar-refractivity contribution in [2.45, 2.75) is 50.9 Å². The first kappa shape index (κ1) is 11.0. The fourth-order valence-electron chi connectivity index (χ4n) is 3.01. The second kappa shape index (κ2) is 4.63. The topological polar surface area (TPSA) is 24.5 Å². The first-order chi connectivity index (χ1) is 7.79. The quantitative estimate of drug-likeness (QED) is 0.760. The van der Waals surface area contributed by atoms with Crippen molar-refractivity contribution in [2.24, 2.45) is 5.92 Å². The predicted molar refractivity (Wildman–Crippen MR) is 64.5 cm³/mol. The minimum absolute atomic E-state index is 0.544. The van der Waals surface area contributed by atoms with Crippen LogP contribution in [0.25, 0.3) is 0 Å². The van der Waals surface area contributed by atoms with E-state index >= 15 is 0 Å². The highest BCUT2D eigenvalue weighted by atomic mass is 16.5. The zero-order valence-electron chi connectivity index (χ0n) is 10.3. The van der Waals surface area contributed by atoms with E-state index in [1.807, 2.05) is 0 Å². The highest BCUT2D eigenvalue weighted by Crippen LogP contribution is 2.26. The minimum atomic E-state index is 0.544. The van der Waals surface area contributed by atoms with Crippen LogP contribution in [0.5, 0.6) is 0 Å². The summed E-state index contributed by atoms with van der Waals surface area (Å²) < 4.78 is 5.86. The number of morpholine rings is 1. The third kappa shape index (κ3) is 2.76. The van der Waals surface area contributed by atoms with Crippen molar-refractivity contribution in [2.75, 3.05) is 26.2 Å². The van der Waals surface area contributed by atoms with Crippen molar-refractivity contribution < 1.29 is 4.74 Å². The molecule has 3 fully saturated rings. The van der Waals surface area contributed by atoms with E-state index in [0.717, 1.165) is 12.0 Å². The van der Waals surface area contributed by atoms with Crippen molar-refractivity contribution >= 4 is 0 Å². The molecule has 2 aliphatic heterocycles. The maximum absolute atomic E-state index is 5.86. The molecule has 0 aromatic rings. The fraction of sp³-hybridized carbons (Fsp3) is 1.00. The van der Waals surface area contributed by atoms with E-state index in [1.54, 1.807) is 0 Å². The van der Waals surface area contributed by atoms with Gasteiger partial charge in [0.1, 0.15) is 0 Å². The van der Waals surface area contributed by atoms with Gasteiger partial charge in [-0.2, -0.15) is 0 Å². The Balaban J connectivity index is 1.39. The van der Waals surface area contributed by atoms with Crippen LogP contribution in [0.3, 0.4) is 0 Å². The molecule has 1 saturated carbocycles. The van der Waals surface area contributed by atoms with E-state index in [2.05, 4.69) is 17.1 Å². The number of fused-ring (bicyclic) bond motifs is 2. The average molecular weight is 224 g/mol. The molecule has 2 bridgehead atoms. The lowest BCUT2D eigenvalue weighted by atomic mass is 10.1. The van der Waals surface area contributed by atoms with Gasteiger partial charge in [-0.25, -0.2) is 0 Å². The molecule has 3 rings (SSSR count). The molecule has 2 saturated heterocycles. The van der Waals surface area contributed by atoms with E-state index in [4.69, 9.17) is 4.74 Å². The fourth-order valence-corrected chi connectivity index (χ4v) is 3.01. The zero-order valence-corrected chi connectivity index (χ0v) is 10.3. The van der Waals surface area contributed by atoms with Gasteiger partial charge in [0, 0.05) is 25.7 Å². The van der Waals surface area contributed by atoms with Gasteiger partial charge in [0.15, 0.2) is 0 Å². The van der Waals surface area contributed by atoms with Gasteiger partial charge >= 0.3 is 0 Å². The molecule has 0 aromatic heterocycles. The summed E-state index contributed by atoms with van der Waals surface area (Å²) in [6, 6.07) is 0.850. The van der Waals surface area contributed by atoms with E-state index in [1.165, 1.54) is 51.9 Å². The van der Waals surface area contributed by atoms with Crippen molar-refractivity contribution in [3.05, 3.63) is 0 Å². The third-order valence-corrected chi connectivity index (χ3v) is 4.02. The van der Waals surface area contributed by atoms with Crippen LogP contribution in [0.15, 0.2) is 0 Å². The van der Waals surface area contributed by atoms with Crippen molar-refractivity contribution in [1.82, 2.24) is 10.2 Å². The third-order valence-electron chi connectivity index (χ3n) is 4.02. The normalized spacial score (nSPS) is 36.6. The van der Waals surface area contributed by atoms with Gasteiger partial charge < -0.3 is 10.1 Å². The standard InChI is InChI=1S/C13H24N2O/c1-10(6-14-11-2-3-11)7-15-8-12-4-5-13(9-15)16-12/h10-14H,2-9H2,1H3. The molecule has 0 spiro atoms. The van der Waals surface area contributed by atoms with Gasteiger partial charge in [0.2, 0.25) is 0 Å². The Morgan fingerprint density at radius 1 is 1.19 bits per heavy atom. The Kier molecular flexibility index (Phi) is 3.18. The molecule has 92 valence electrons. The van der Waals surface area contributed by atoms with Gasteiger partial charge in [0.25, 0.3) is 0 Å². The van der Waals surface area contributed by atoms with Crippen LogP contribution < -0.4 is 5.32 Å². The largest absolute Gasteiger partial charge is 0.372 e. The predicted octanol–water partition coefficient (Wildman–Crippen LogP) is 1.24. The maximum Gasteiger partial charge on any atom is 0.0707 e. The first-order valence-electron chi connectivity index (χ1n) is 6.91. The monoisotopic (exact) mass is 224 g/mol. The van der Waals surface area contributed by atoms with Crippen LogP contribution in [-0.4, -0.2) is 49.3 Å². The van der Waals surface area contributed by atoms with Crippen molar-refractivity contribution in [3.63, 3.8) is 0 Å². The number of nitrogens with zero attached hydrogens (tertiary/aromatic N) is 1. The molecule has 16 heavy (non-hydrogen) atoms. The molecule has 2 heterocycles. The molecule has 0 aromatic carbocycles. The number of rotatable bonds is 5. The molecule has 3 unspecified atom stereocenters. The smallest absolute Gasteiger partial charge is 0.0707 e. The minimum Gasteiger partial charge on any atom is -0.372 e. The van der Waals surface area contributed by atoms with Crippen LogP contribution in [0.4, 0.5) is 0 Å². The lowest BCUT2D eigenvalue weighted by Gasteiger charge is -2.33. The maximum atomic E-state index is 5.86. The molecule has 0 radical (unpaired) electrons. The van der Waals surface area contributed by atoms with Gasteiger partial charge in [-0.1, -0.05) is 6.92 Å². The summed E-state index contributed by atoms with van der Waals surface area (Å²) in [4.78, 5) is 2.62. The van der Waals surface area contributed by atoms with Gasteiger partial charge in [-0.3, -0.25) is 4.90 Å². The van der Waals surface area contributed by atoms with Crippen molar-refractivity contribution in [1.29, 1.82) is 0 Å². The summed E-state index contributed by atoms with van der Waals surface area (Å²) in [5, 5.41) is 3.63. The van der Waals surface area contributed by atoms with E-state index in [-0.39, 0.29) is 0 Å². The van der Waals surface area contributed by atoms with E-state index in [0.29, 0.717) is 12.2 Å². The zero-order chi connectivity index (χ0) is 11.0. The van der Waals surface area contributed by atoms with Gasteiger partial charge in [-0.05, 0) is 38.1 Å². The Morgan fingerprint density at radius 2 is 1.88 bits per heavy atom. The molecule has 1 aliphatic carbocycles. The Labute approximate surface area is 98.5 Å². The van der Waals surface area contributed by atoms with Crippen molar-refractivity contribution in [3.8, 4) is 0 Å². The highest BCUT2D eigenvalue weighted by Gasteiger charge is 2.33. The van der Waals surface area contributed by atoms with Crippen LogP contribution in [0, 0.1) is 5.92 Å². The van der Waals surface area contributed by atoms with E-state index in [9.17, 15) is 0 Å². The van der Waals surface area contributed by atoms with Crippen LogP contribution >= 0.6 is 0 Å². The second-order valence-corrected chi connectivity index (χ2v) is 5.96. The molecule has 3 aliphatic rings. The van der Waals surface area contributed by atoms with Gasteiger partial charge in [-0.15, -0.1) is 0 Å². The molecular formula is C13H24N2O. The summed E-state index contributed by atoms with van der Waals surface area (Å²) in [5.74, 6) is 0.776. The van der Waals surface area contributed by atoms with Gasteiger partial charge in [0.05, 0.1) is 12.2 Å². The Bertz CT molecular complexity index is 230. The number of ether oxygens (including phenoxy) is 1. The summed E-state index contributed by atoms with van der Waals surface area (Å²) in [7, 11) is 0. The molecule has 3 nitrogen and oxygen atoms in total. The Morgan fingerprint density at radius 3 is 2.50 bits per heavy atom. The lowest BCUT2D eigenvalue weighted by molar-refractivity contribution is -0.0418. The number of likely N-dealkylation sites (tertiary alicyclic amines) is 1. The summed E-state index contributed by atoms with van der Waals surface area (Å²) in [5.41, 5.74) is 0. The Hall–Kier alpha value is -0.120. The number of hydrogen-bond acceptors (Lipinski definition) is 3. The molecule has 0 amide bonds. The van der Waals surface area contributed by atoms with E-state index < -0.39 is 0 Å². The second-order valence-electron chi connectivity index (χ2n) is 5.96. The SMILES string of the molecule is CC(CNC1CC1)CN1CC2CCC(C1)O2. The molecule has 3 heteroatoms. The first-order valence-corrected chi connectivity index (χ1v) is 6.91. The summed E-state index contributed by atoms with van der Waals surface area (Å²) >= 11 is 0.